The van der Waals surface area contributed by atoms with E-state index in [4.69, 9.17) is 0 Å². The van der Waals surface area contributed by atoms with Gasteiger partial charge in [-0.15, -0.1) is 5.10 Å². The minimum absolute atomic E-state index is 0.171. The summed E-state index contributed by atoms with van der Waals surface area (Å²) in [5, 5.41) is 13.4. The molecular weight excluding hydrogens is 452 g/mol. The highest BCUT2D eigenvalue weighted by Gasteiger charge is 2.39. The number of imide groups is 1. The first-order valence-electron chi connectivity index (χ1n) is 11.4. The number of fused-ring (bicyclic) bond motifs is 2. The van der Waals surface area contributed by atoms with E-state index in [9.17, 15) is 19.2 Å². The zero-order valence-corrected chi connectivity index (χ0v) is 18.8. The summed E-state index contributed by atoms with van der Waals surface area (Å²) >= 11 is 0. The molecule has 3 unspecified atom stereocenters. The third-order valence-corrected chi connectivity index (χ3v) is 6.86. The standard InChI is InChI=1S/C23H22N8O4/c1-12-8-16(20-24-6-7-29(12)20)25-21(33)17-11-31(28-27-17)14-2-3-15-13(9-14)10-30(23(15)35)18-4-5-19(32)26-22(18)34/h2-3,6-7,9,11-12,16,18H,4-5,8,10H2,1H3,(H,25,33)(H,26,32,34). The van der Waals surface area contributed by atoms with Gasteiger partial charge in [0.25, 0.3) is 11.8 Å². The van der Waals surface area contributed by atoms with E-state index in [0.717, 1.165) is 17.8 Å². The van der Waals surface area contributed by atoms with E-state index in [1.807, 2.05) is 10.8 Å². The molecule has 0 spiro atoms. The van der Waals surface area contributed by atoms with Gasteiger partial charge < -0.3 is 14.8 Å². The van der Waals surface area contributed by atoms with Crippen LogP contribution in [0.3, 0.4) is 0 Å². The van der Waals surface area contributed by atoms with Gasteiger partial charge in [-0.25, -0.2) is 9.67 Å². The van der Waals surface area contributed by atoms with Crippen molar-refractivity contribution < 1.29 is 19.2 Å². The predicted molar refractivity (Wildman–Crippen MR) is 119 cm³/mol. The molecule has 2 aromatic heterocycles. The maximum atomic E-state index is 12.9. The Morgan fingerprint density at radius 3 is 2.91 bits per heavy atom. The first kappa shape index (κ1) is 21.2. The second-order valence-corrected chi connectivity index (χ2v) is 9.09. The van der Waals surface area contributed by atoms with Crippen molar-refractivity contribution in [3.63, 3.8) is 0 Å². The van der Waals surface area contributed by atoms with Crippen LogP contribution in [0.2, 0.25) is 0 Å². The van der Waals surface area contributed by atoms with E-state index in [2.05, 4.69) is 32.9 Å². The van der Waals surface area contributed by atoms with Gasteiger partial charge in [0.2, 0.25) is 11.8 Å². The normalized spacial score (nSPS) is 23.3. The number of hydrogen-bond donors (Lipinski definition) is 2. The number of nitrogens with zero attached hydrogens (tertiary/aromatic N) is 6. The van der Waals surface area contributed by atoms with Crippen LogP contribution < -0.4 is 10.6 Å². The molecule has 6 rings (SSSR count). The molecule has 0 radical (unpaired) electrons. The lowest BCUT2D eigenvalue weighted by molar-refractivity contribution is -0.136. The summed E-state index contributed by atoms with van der Waals surface area (Å²) in [5.41, 5.74) is 2.05. The molecule has 3 atom stereocenters. The minimum Gasteiger partial charge on any atom is -0.341 e. The number of carbonyl (C=O) groups excluding carboxylic acids is 4. The fraction of sp³-hybridized carbons (Fsp3) is 0.348. The topological polar surface area (TPSA) is 144 Å². The molecule has 178 valence electrons. The van der Waals surface area contributed by atoms with E-state index < -0.39 is 11.9 Å². The summed E-state index contributed by atoms with van der Waals surface area (Å²) in [6.07, 6.45) is 6.43. The first-order valence-corrected chi connectivity index (χ1v) is 11.4. The summed E-state index contributed by atoms with van der Waals surface area (Å²) in [7, 11) is 0. The van der Waals surface area contributed by atoms with Gasteiger partial charge in [0.15, 0.2) is 5.69 Å². The second kappa shape index (κ2) is 7.86. The molecule has 1 aromatic carbocycles. The van der Waals surface area contributed by atoms with Crippen LogP contribution in [0.5, 0.6) is 0 Å². The lowest BCUT2D eigenvalue weighted by atomic mass is 10.0. The third-order valence-electron chi connectivity index (χ3n) is 6.86. The van der Waals surface area contributed by atoms with Crippen LogP contribution in [0.4, 0.5) is 0 Å². The Bertz CT molecular complexity index is 1390. The van der Waals surface area contributed by atoms with Crippen LogP contribution in [-0.4, -0.2) is 59.1 Å². The molecule has 3 aromatic rings. The molecule has 1 saturated heterocycles. The number of hydrogen-bond acceptors (Lipinski definition) is 7. The fourth-order valence-corrected chi connectivity index (χ4v) is 5.08. The average Bonchev–Trinajstić information content (AvgIpc) is 3.61. The first-order chi connectivity index (χ1) is 16.9. The summed E-state index contributed by atoms with van der Waals surface area (Å²) in [6, 6.07) is 4.58. The lowest BCUT2D eigenvalue weighted by Gasteiger charge is -2.29. The molecule has 0 bridgehead atoms. The molecule has 3 aliphatic rings. The van der Waals surface area contributed by atoms with Crippen LogP contribution in [-0.2, 0) is 16.1 Å². The Hall–Kier alpha value is -4.35. The molecule has 2 N–H and O–H groups in total. The predicted octanol–water partition coefficient (Wildman–Crippen LogP) is 0.661. The number of amides is 4. The van der Waals surface area contributed by atoms with Crippen molar-refractivity contribution in [2.24, 2.45) is 0 Å². The zero-order chi connectivity index (χ0) is 24.3. The van der Waals surface area contributed by atoms with Crippen LogP contribution in [0.1, 0.15) is 70.5 Å². The number of rotatable bonds is 4. The molecule has 12 heteroatoms. The largest absolute Gasteiger partial charge is 0.341 e. The Morgan fingerprint density at radius 2 is 2.09 bits per heavy atom. The van der Waals surface area contributed by atoms with Crippen molar-refractivity contribution in [1.29, 1.82) is 0 Å². The van der Waals surface area contributed by atoms with Gasteiger partial charge in [-0.3, -0.25) is 24.5 Å². The smallest absolute Gasteiger partial charge is 0.274 e. The van der Waals surface area contributed by atoms with Gasteiger partial charge in [-0.05, 0) is 43.5 Å². The number of aromatic nitrogens is 5. The van der Waals surface area contributed by atoms with Crippen molar-refractivity contribution >= 4 is 23.6 Å². The molecule has 35 heavy (non-hydrogen) atoms. The van der Waals surface area contributed by atoms with Gasteiger partial charge in [0, 0.05) is 37.0 Å². The van der Waals surface area contributed by atoms with Gasteiger partial charge >= 0.3 is 0 Å². The minimum atomic E-state index is -0.674. The molecule has 0 saturated carbocycles. The molecule has 0 aliphatic carbocycles. The van der Waals surface area contributed by atoms with Crippen molar-refractivity contribution in [3.8, 4) is 5.69 Å². The van der Waals surface area contributed by atoms with E-state index in [-0.39, 0.29) is 48.5 Å². The Labute approximate surface area is 199 Å². The lowest BCUT2D eigenvalue weighted by Crippen LogP contribution is -2.52. The summed E-state index contributed by atoms with van der Waals surface area (Å²) < 4.78 is 3.53. The molecule has 4 amide bonds. The van der Waals surface area contributed by atoms with E-state index in [1.165, 1.54) is 15.8 Å². The summed E-state index contributed by atoms with van der Waals surface area (Å²) in [5.74, 6) is -0.540. The summed E-state index contributed by atoms with van der Waals surface area (Å²) in [6.45, 7) is 2.33. The van der Waals surface area contributed by atoms with E-state index in [1.54, 1.807) is 24.4 Å². The maximum Gasteiger partial charge on any atom is 0.274 e. The van der Waals surface area contributed by atoms with E-state index in [0.29, 0.717) is 17.7 Å². The quantitative estimate of drug-likeness (QED) is 0.529. The number of benzene rings is 1. The van der Waals surface area contributed by atoms with Crippen LogP contribution in [0.25, 0.3) is 5.69 Å². The average molecular weight is 474 g/mol. The number of carbonyl (C=O) groups is 4. The van der Waals surface area contributed by atoms with Gasteiger partial charge in [0.1, 0.15) is 11.9 Å². The fourth-order valence-electron chi connectivity index (χ4n) is 5.08. The SMILES string of the molecule is CC1CC(NC(=O)c2cn(-c3ccc4c(c3)CN(C3CCC(=O)NC3=O)C4=O)nn2)c2nccn21. The zero-order valence-electron chi connectivity index (χ0n) is 18.8. The number of nitrogens with one attached hydrogen (secondary N) is 2. The van der Waals surface area contributed by atoms with Crippen LogP contribution in [0, 0.1) is 0 Å². The molecular formula is C23H22N8O4. The molecule has 12 nitrogen and oxygen atoms in total. The second-order valence-electron chi connectivity index (χ2n) is 9.09. The molecule has 5 heterocycles. The highest BCUT2D eigenvalue weighted by atomic mass is 16.2. The number of piperidine rings is 1. The highest BCUT2D eigenvalue weighted by Crippen LogP contribution is 2.33. The Kier molecular flexibility index (Phi) is 4.76. The van der Waals surface area contributed by atoms with Crippen molar-refractivity contribution in [1.82, 2.24) is 40.1 Å². The van der Waals surface area contributed by atoms with Crippen molar-refractivity contribution in [2.75, 3.05) is 0 Å². The highest BCUT2D eigenvalue weighted by molar-refractivity contribution is 6.05. The Balaban J connectivity index is 1.18. The van der Waals surface area contributed by atoms with E-state index >= 15 is 0 Å². The maximum absolute atomic E-state index is 12.9. The van der Waals surface area contributed by atoms with Gasteiger partial charge in [0.05, 0.1) is 17.9 Å². The van der Waals surface area contributed by atoms with Gasteiger partial charge in [-0.1, -0.05) is 5.21 Å². The van der Waals surface area contributed by atoms with Gasteiger partial charge in [-0.2, -0.15) is 0 Å². The Morgan fingerprint density at radius 1 is 1.23 bits per heavy atom. The third kappa shape index (κ3) is 3.49. The van der Waals surface area contributed by atoms with Crippen molar-refractivity contribution in [2.45, 2.75) is 50.9 Å². The van der Waals surface area contributed by atoms with Crippen molar-refractivity contribution in [3.05, 3.63) is 59.4 Å². The van der Waals surface area contributed by atoms with Crippen LogP contribution >= 0.6 is 0 Å². The monoisotopic (exact) mass is 474 g/mol. The van der Waals surface area contributed by atoms with Crippen LogP contribution in [0.15, 0.2) is 36.8 Å². The molecule has 1 fully saturated rings. The summed E-state index contributed by atoms with van der Waals surface area (Å²) in [4.78, 5) is 55.2. The molecule has 3 aliphatic heterocycles. The number of imidazole rings is 1.